The first kappa shape index (κ1) is 15.2. The van der Waals surface area contributed by atoms with Gasteiger partial charge in [0.2, 0.25) is 11.8 Å². The highest BCUT2D eigenvalue weighted by atomic mass is 16.2. The summed E-state index contributed by atoms with van der Waals surface area (Å²) in [5, 5.41) is 2.82. The topological polar surface area (TPSA) is 101 Å². The van der Waals surface area contributed by atoms with Crippen molar-refractivity contribution in [3.05, 3.63) is 17.7 Å². The van der Waals surface area contributed by atoms with E-state index in [0.29, 0.717) is 18.5 Å². The van der Waals surface area contributed by atoms with Crippen LogP contribution in [0.4, 0.5) is 17.1 Å². The summed E-state index contributed by atoms with van der Waals surface area (Å²) in [6, 6.07) is 3.73. The Labute approximate surface area is 124 Å². The number of fused-ring (bicyclic) bond motifs is 1. The first-order valence-corrected chi connectivity index (χ1v) is 7.26. The summed E-state index contributed by atoms with van der Waals surface area (Å²) in [6.07, 6.45) is 3.14. The molecule has 0 radical (unpaired) electrons. The lowest BCUT2D eigenvalue weighted by molar-refractivity contribution is -0.117. The van der Waals surface area contributed by atoms with E-state index >= 15 is 0 Å². The van der Waals surface area contributed by atoms with Gasteiger partial charge < -0.3 is 21.7 Å². The average molecular weight is 290 g/mol. The molecule has 0 saturated heterocycles. The normalized spacial score (nSPS) is 13.5. The van der Waals surface area contributed by atoms with Gasteiger partial charge in [-0.3, -0.25) is 9.59 Å². The molecule has 0 aromatic heterocycles. The second kappa shape index (κ2) is 6.47. The minimum atomic E-state index is -0.378. The van der Waals surface area contributed by atoms with Gasteiger partial charge in [0.1, 0.15) is 0 Å². The Morgan fingerprint density at radius 1 is 1.38 bits per heavy atom. The molecule has 0 saturated carbocycles. The van der Waals surface area contributed by atoms with E-state index in [1.54, 1.807) is 6.07 Å². The molecule has 0 bridgehead atoms. The summed E-state index contributed by atoms with van der Waals surface area (Å²) < 4.78 is 0. The van der Waals surface area contributed by atoms with E-state index in [1.165, 1.54) is 0 Å². The Bertz CT molecular complexity index is 557. The molecule has 1 heterocycles. The summed E-state index contributed by atoms with van der Waals surface area (Å²) >= 11 is 0. The van der Waals surface area contributed by atoms with Crippen LogP contribution in [0.3, 0.4) is 0 Å². The van der Waals surface area contributed by atoms with E-state index in [4.69, 9.17) is 11.5 Å². The van der Waals surface area contributed by atoms with Crippen LogP contribution in [0.15, 0.2) is 12.1 Å². The van der Waals surface area contributed by atoms with Crippen LogP contribution < -0.4 is 21.7 Å². The molecule has 0 spiro atoms. The van der Waals surface area contributed by atoms with Crippen LogP contribution >= 0.6 is 0 Å². The number of benzene rings is 1. The Hall–Kier alpha value is -2.24. The van der Waals surface area contributed by atoms with Crippen LogP contribution in [0, 0.1) is 0 Å². The Morgan fingerprint density at radius 3 is 2.81 bits per heavy atom. The molecule has 2 rings (SSSR count). The molecule has 0 unspecified atom stereocenters. The quantitative estimate of drug-likeness (QED) is 0.686. The van der Waals surface area contributed by atoms with Crippen LogP contribution in [0.25, 0.3) is 0 Å². The number of aryl methyl sites for hydroxylation is 1. The fourth-order valence-corrected chi connectivity index (χ4v) is 2.53. The van der Waals surface area contributed by atoms with Crippen molar-refractivity contribution in [2.75, 3.05) is 29.0 Å². The van der Waals surface area contributed by atoms with Crippen LogP contribution in [-0.2, 0) is 16.0 Å². The Morgan fingerprint density at radius 2 is 2.14 bits per heavy atom. The number of unbranched alkanes of at least 4 members (excludes halogenated alkanes) is 1. The molecular formula is C15H22N4O2. The molecule has 1 aliphatic heterocycles. The predicted octanol–water partition coefficient (Wildman–Crippen LogP) is 1.25. The number of carbonyl (C=O) groups excluding carboxylic acids is 2. The zero-order valence-electron chi connectivity index (χ0n) is 12.3. The monoisotopic (exact) mass is 290 g/mol. The highest BCUT2D eigenvalue weighted by Gasteiger charge is 2.19. The molecule has 6 heteroatoms. The molecule has 21 heavy (non-hydrogen) atoms. The van der Waals surface area contributed by atoms with E-state index < -0.39 is 0 Å². The van der Waals surface area contributed by atoms with E-state index in [1.807, 2.05) is 11.0 Å². The third-order valence-electron chi connectivity index (χ3n) is 3.62. The molecule has 0 aliphatic carbocycles. The number of anilines is 3. The number of hydrogen-bond acceptors (Lipinski definition) is 4. The number of amides is 2. The SMILES string of the molecule is CCCCN(CC(N)=O)c1cc2c(cc1N)NC(=O)CC2. The van der Waals surface area contributed by atoms with Crippen molar-refractivity contribution >= 4 is 28.9 Å². The third kappa shape index (κ3) is 3.65. The molecule has 0 fully saturated rings. The van der Waals surface area contributed by atoms with Crippen molar-refractivity contribution in [1.29, 1.82) is 0 Å². The average Bonchev–Trinajstić information content (AvgIpc) is 2.42. The van der Waals surface area contributed by atoms with Crippen molar-refractivity contribution in [3.63, 3.8) is 0 Å². The van der Waals surface area contributed by atoms with Gasteiger partial charge in [-0.1, -0.05) is 13.3 Å². The van der Waals surface area contributed by atoms with Gasteiger partial charge in [0.05, 0.1) is 17.9 Å². The van der Waals surface area contributed by atoms with Crippen molar-refractivity contribution in [1.82, 2.24) is 0 Å². The summed E-state index contributed by atoms with van der Waals surface area (Å²) in [5.41, 5.74) is 14.6. The molecule has 2 amide bonds. The second-order valence-corrected chi connectivity index (χ2v) is 5.36. The number of nitrogen functional groups attached to an aromatic ring is 1. The zero-order chi connectivity index (χ0) is 15.4. The summed E-state index contributed by atoms with van der Waals surface area (Å²) in [7, 11) is 0. The van der Waals surface area contributed by atoms with Gasteiger partial charge >= 0.3 is 0 Å². The van der Waals surface area contributed by atoms with Crippen molar-refractivity contribution < 1.29 is 9.59 Å². The molecule has 5 N–H and O–H groups in total. The molecule has 114 valence electrons. The second-order valence-electron chi connectivity index (χ2n) is 5.36. The standard InChI is InChI=1S/C15H22N4O2/c1-2-3-6-19(9-14(17)20)13-7-10-4-5-15(21)18-12(10)8-11(13)16/h7-8H,2-6,9,16H2,1H3,(H2,17,20)(H,18,21). The predicted molar refractivity (Wildman–Crippen MR) is 84.1 cm³/mol. The molecule has 6 nitrogen and oxygen atoms in total. The first-order valence-electron chi connectivity index (χ1n) is 7.26. The number of hydrogen-bond donors (Lipinski definition) is 3. The molecule has 1 aromatic carbocycles. The number of nitrogens with zero attached hydrogens (tertiary/aromatic N) is 1. The number of rotatable bonds is 6. The van der Waals surface area contributed by atoms with E-state index in [-0.39, 0.29) is 18.4 Å². The van der Waals surface area contributed by atoms with Gasteiger partial charge in [0, 0.05) is 18.7 Å². The van der Waals surface area contributed by atoms with Crippen LogP contribution in [-0.4, -0.2) is 24.9 Å². The Balaban J connectivity index is 2.31. The van der Waals surface area contributed by atoms with E-state index in [2.05, 4.69) is 12.2 Å². The van der Waals surface area contributed by atoms with Gasteiger partial charge in [-0.25, -0.2) is 0 Å². The molecule has 1 aliphatic rings. The maximum absolute atomic E-state index is 11.4. The van der Waals surface area contributed by atoms with Crippen LogP contribution in [0.2, 0.25) is 0 Å². The molecular weight excluding hydrogens is 268 g/mol. The summed E-state index contributed by atoms with van der Waals surface area (Å²) in [6.45, 7) is 2.97. The van der Waals surface area contributed by atoms with Gasteiger partial charge in [-0.05, 0) is 30.5 Å². The summed E-state index contributed by atoms with van der Waals surface area (Å²) in [5.74, 6) is -0.369. The van der Waals surface area contributed by atoms with Gasteiger partial charge in [-0.15, -0.1) is 0 Å². The van der Waals surface area contributed by atoms with Crippen molar-refractivity contribution in [3.8, 4) is 0 Å². The van der Waals surface area contributed by atoms with Gasteiger partial charge in [0.25, 0.3) is 0 Å². The van der Waals surface area contributed by atoms with E-state index in [9.17, 15) is 9.59 Å². The van der Waals surface area contributed by atoms with Crippen LogP contribution in [0.1, 0.15) is 31.7 Å². The maximum Gasteiger partial charge on any atom is 0.236 e. The lowest BCUT2D eigenvalue weighted by Crippen LogP contribution is -2.35. The smallest absolute Gasteiger partial charge is 0.236 e. The van der Waals surface area contributed by atoms with Gasteiger partial charge in [0.15, 0.2) is 0 Å². The number of nitrogens with two attached hydrogens (primary N) is 2. The minimum absolute atomic E-state index is 0.00891. The number of primary amides is 1. The largest absolute Gasteiger partial charge is 0.397 e. The highest BCUT2D eigenvalue weighted by Crippen LogP contribution is 2.33. The van der Waals surface area contributed by atoms with Crippen molar-refractivity contribution in [2.24, 2.45) is 5.73 Å². The minimum Gasteiger partial charge on any atom is -0.397 e. The van der Waals surface area contributed by atoms with E-state index in [0.717, 1.165) is 36.3 Å². The lowest BCUT2D eigenvalue weighted by atomic mass is 10.0. The van der Waals surface area contributed by atoms with Crippen molar-refractivity contribution in [2.45, 2.75) is 32.6 Å². The lowest BCUT2D eigenvalue weighted by Gasteiger charge is -2.27. The maximum atomic E-state index is 11.4. The summed E-state index contributed by atoms with van der Waals surface area (Å²) in [4.78, 5) is 24.6. The fourth-order valence-electron chi connectivity index (χ4n) is 2.53. The fraction of sp³-hybridized carbons (Fsp3) is 0.467. The molecule has 1 aromatic rings. The highest BCUT2D eigenvalue weighted by molar-refractivity contribution is 5.96. The first-order chi connectivity index (χ1) is 10.0. The van der Waals surface area contributed by atoms with Gasteiger partial charge in [-0.2, -0.15) is 0 Å². The zero-order valence-corrected chi connectivity index (χ0v) is 12.3. The third-order valence-corrected chi connectivity index (χ3v) is 3.62. The number of carbonyl (C=O) groups is 2. The Kier molecular flexibility index (Phi) is 4.67. The van der Waals surface area contributed by atoms with Crippen LogP contribution in [0.5, 0.6) is 0 Å². The molecule has 0 atom stereocenters. The number of nitrogens with one attached hydrogen (secondary N) is 1.